The van der Waals surface area contributed by atoms with Crippen molar-refractivity contribution in [3.63, 3.8) is 0 Å². The summed E-state index contributed by atoms with van der Waals surface area (Å²) in [6.45, 7) is 7.23. The van der Waals surface area contributed by atoms with Gasteiger partial charge < -0.3 is 5.32 Å². The SMILES string of the molecule is Cc1nc(Cl)cc(NCCCC(C)C)n1. The van der Waals surface area contributed by atoms with Crippen LogP contribution in [0.25, 0.3) is 0 Å². The van der Waals surface area contributed by atoms with Gasteiger partial charge in [0.15, 0.2) is 0 Å². The molecule has 1 heterocycles. The van der Waals surface area contributed by atoms with Crippen molar-refractivity contribution in [3.05, 3.63) is 17.0 Å². The van der Waals surface area contributed by atoms with E-state index >= 15 is 0 Å². The Kier molecular flexibility index (Phi) is 4.82. The van der Waals surface area contributed by atoms with E-state index in [-0.39, 0.29) is 0 Å². The number of hydrogen-bond donors (Lipinski definition) is 1. The maximum atomic E-state index is 5.82. The van der Waals surface area contributed by atoms with Crippen molar-refractivity contribution in [1.82, 2.24) is 9.97 Å². The van der Waals surface area contributed by atoms with Crippen LogP contribution >= 0.6 is 11.6 Å². The topological polar surface area (TPSA) is 37.8 Å². The minimum atomic E-state index is 0.494. The molecular weight excluding hydrogens is 210 g/mol. The Balaban J connectivity index is 2.37. The van der Waals surface area contributed by atoms with Gasteiger partial charge in [0.2, 0.25) is 0 Å². The highest BCUT2D eigenvalue weighted by Crippen LogP contribution is 2.11. The third-order valence-electron chi connectivity index (χ3n) is 2.07. The van der Waals surface area contributed by atoms with Crippen molar-refractivity contribution < 1.29 is 0 Å². The van der Waals surface area contributed by atoms with Gasteiger partial charge in [-0.25, -0.2) is 9.97 Å². The van der Waals surface area contributed by atoms with Crippen molar-refractivity contribution in [2.75, 3.05) is 11.9 Å². The molecule has 0 aromatic carbocycles. The van der Waals surface area contributed by atoms with E-state index in [2.05, 4.69) is 29.1 Å². The molecule has 0 spiro atoms. The van der Waals surface area contributed by atoms with Crippen LogP contribution < -0.4 is 5.32 Å². The van der Waals surface area contributed by atoms with Gasteiger partial charge in [-0.1, -0.05) is 25.4 Å². The molecule has 0 aliphatic heterocycles. The van der Waals surface area contributed by atoms with Gasteiger partial charge in [-0.15, -0.1) is 0 Å². The monoisotopic (exact) mass is 227 g/mol. The molecule has 0 amide bonds. The first-order valence-electron chi connectivity index (χ1n) is 5.33. The van der Waals surface area contributed by atoms with Crippen molar-refractivity contribution >= 4 is 17.4 Å². The van der Waals surface area contributed by atoms with Crippen LogP contribution in [0.2, 0.25) is 5.15 Å². The van der Waals surface area contributed by atoms with Crippen LogP contribution in [-0.2, 0) is 0 Å². The number of nitrogens with one attached hydrogen (secondary N) is 1. The second-order valence-electron chi connectivity index (χ2n) is 4.09. The van der Waals surface area contributed by atoms with Gasteiger partial charge in [-0.2, -0.15) is 0 Å². The lowest BCUT2D eigenvalue weighted by Gasteiger charge is -2.07. The zero-order valence-electron chi connectivity index (χ0n) is 9.55. The average molecular weight is 228 g/mol. The van der Waals surface area contributed by atoms with Gasteiger partial charge in [0.1, 0.15) is 16.8 Å². The Morgan fingerprint density at radius 1 is 1.40 bits per heavy atom. The minimum absolute atomic E-state index is 0.494. The number of nitrogens with zero attached hydrogens (tertiary/aromatic N) is 2. The molecule has 0 saturated carbocycles. The van der Waals surface area contributed by atoms with E-state index in [1.165, 1.54) is 6.42 Å². The normalized spacial score (nSPS) is 10.7. The highest BCUT2D eigenvalue weighted by molar-refractivity contribution is 6.29. The predicted molar refractivity (Wildman–Crippen MR) is 64.3 cm³/mol. The molecule has 0 saturated heterocycles. The Hall–Kier alpha value is -0.830. The van der Waals surface area contributed by atoms with Crippen LogP contribution in [0.3, 0.4) is 0 Å². The van der Waals surface area contributed by atoms with Crippen LogP contribution in [-0.4, -0.2) is 16.5 Å². The molecule has 1 N–H and O–H groups in total. The summed E-state index contributed by atoms with van der Waals surface area (Å²) in [5.41, 5.74) is 0. The molecule has 4 heteroatoms. The van der Waals surface area contributed by atoms with Crippen molar-refractivity contribution in [3.8, 4) is 0 Å². The molecule has 1 aromatic rings. The molecule has 0 atom stereocenters. The summed E-state index contributed by atoms with van der Waals surface area (Å²) in [4.78, 5) is 8.25. The molecule has 0 aliphatic carbocycles. The molecule has 3 nitrogen and oxygen atoms in total. The molecule has 0 unspecified atom stereocenters. The maximum Gasteiger partial charge on any atom is 0.134 e. The quantitative estimate of drug-likeness (QED) is 0.620. The van der Waals surface area contributed by atoms with Gasteiger partial charge in [0.25, 0.3) is 0 Å². The highest BCUT2D eigenvalue weighted by Gasteiger charge is 1.99. The first-order chi connectivity index (χ1) is 7.08. The van der Waals surface area contributed by atoms with E-state index < -0.39 is 0 Å². The van der Waals surface area contributed by atoms with Gasteiger partial charge in [-0.05, 0) is 25.7 Å². The molecule has 0 radical (unpaired) electrons. The van der Waals surface area contributed by atoms with Gasteiger partial charge in [0.05, 0.1) is 0 Å². The fourth-order valence-corrected chi connectivity index (χ4v) is 1.57. The summed E-state index contributed by atoms with van der Waals surface area (Å²) in [7, 11) is 0. The van der Waals surface area contributed by atoms with Crippen LogP contribution in [0.1, 0.15) is 32.5 Å². The number of aryl methyl sites for hydroxylation is 1. The number of rotatable bonds is 5. The second-order valence-corrected chi connectivity index (χ2v) is 4.47. The van der Waals surface area contributed by atoms with Crippen molar-refractivity contribution in [2.24, 2.45) is 5.92 Å². The zero-order valence-corrected chi connectivity index (χ0v) is 10.3. The minimum Gasteiger partial charge on any atom is -0.370 e. The van der Waals surface area contributed by atoms with Gasteiger partial charge in [0, 0.05) is 12.6 Å². The van der Waals surface area contributed by atoms with E-state index in [0.717, 1.165) is 24.7 Å². The standard InChI is InChI=1S/C11H18ClN3/c1-8(2)5-4-6-13-11-7-10(12)14-9(3)15-11/h7-8H,4-6H2,1-3H3,(H,13,14,15). The number of anilines is 1. The van der Waals surface area contributed by atoms with Crippen molar-refractivity contribution in [2.45, 2.75) is 33.6 Å². The highest BCUT2D eigenvalue weighted by atomic mass is 35.5. The lowest BCUT2D eigenvalue weighted by atomic mass is 10.1. The maximum absolute atomic E-state index is 5.82. The lowest BCUT2D eigenvalue weighted by Crippen LogP contribution is -2.05. The van der Waals surface area contributed by atoms with Crippen LogP contribution in [0.15, 0.2) is 6.07 Å². The third-order valence-corrected chi connectivity index (χ3v) is 2.26. The van der Waals surface area contributed by atoms with E-state index in [0.29, 0.717) is 11.0 Å². The Labute approximate surface area is 96.3 Å². The third kappa shape index (κ3) is 4.98. The molecular formula is C11H18ClN3. The summed E-state index contributed by atoms with van der Waals surface area (Å²) in [5.74, 6) is 2.27. The van der Waals surface area contributed by atoms with Crippen LogP contribution in [0.5, 0.6) is 0 Å². The first kappa shape index (κ1) is 12.2. The summed E-state index contributed by atoms with van der Waals surface area (Å²) in [6.07, 6.45) is 2.38. The number of halogens is 1. The molecule has 0 fully saturated rings. The van der Waals surface area contributed by atoms with Crippen LogP contribution in [0.4, 0.5) is 5.82 Å². The summed E-state index contributed by atoms with van der Waals surface area (Å²) in [6, 6.07) is 1.75. The second kappa shape index (κ2) is 5.91. The fraction of sp³-hybridized carbons (Fsp3) is 0.636. The largest absolute Gasteiger partial charge is 0.370 e. The molecule has 0 bridgehead atoms. The fourth-order valence-electron chi connectivity index (χ4n) is 1.35. The Bertz CT molecular complexity index is 292. The van der Waals surface area contributed by atoms with E-state index in [1.807, 2.05) is 6.92 Å². The molecule has 1 aromatic heterocycles. The summed E-state index contributed by atoms with van der Waals surface area (Å²) < 4.78 is 0. The molecule has 15 heavy (non-hydrogen) atoms. The molecule has 1 rings (SSSR count). The lowest BCUT2D eigenvalue weighted by molar-refractivity contribution is 0.566. The van der Waals surface area contributed by atoms with Crippen LogP contribution in [0, 0.1) is 12.8 Å². The molecule has 84 valence electrons. The smallest absolute Gasteiger partial charge is 0.134 e. The summed E-state index contributed by atoms with van der Waals surface area (Å²) in [5, 5.41) is 3.74. The van der Waals surface area contributed by atoms with Gasteiger partial charge >= 0.3 is 0 Å². The number of aromatic nitrogens is 2. The van der Waals surface area contributed by atoms with Gasteiger partial charge in [-0.3, -0.25) is 0 Å². The average Bonchev–Trinajstić information content (AvgIpc) is 2.10. The zero-order chi connectivity index (χ0) is 11.3. The summed E-state index contributed by atoms with van der Waals surface area (Å²) >= 11 is 5.82. The van der Waals surface area contributed by atoms with E-state index in [4.69, 9.17) is 11.6 Å². The predicted octanol–water partition coefficient (Wildman–Crippen LogP) is 3.29. The van der Waals surface area contributed by atoms with E-state index in [1.54, 1.807) is 6.07 Å². The molecule has 0 aliphatic rings. The first-order valence-corrected chi connectivity index (χ1v) is 5.71. The van der Waals surface area contributed by atoms with Crippen molar-refractivity contribution in [1.29, 1.82) is 0 Å². The number of hydrogen-bond acceptors (Lipinski definition) is 3. The Morgan fingerprint density at radius 3 is 2.73 bits per heavy atom. The van der Waals surface area contributed by atoms with E-state index in [9.17, 15) is 0 Å². The Morgan fingerprint density at radius 2 is 2.13 bits per heavy atom.